The smallest absolute Gasteiger partial charge is 0.153 e. The summed E-state index contributed by atoms with van der Waals surface area (Å²) in [5.74, 6) is 0.742. The second kappa shape index (κ2) is 6.66. The monoisotopic (exact) mass is 366 g/mol. The normalized spacial score (nSPS) is 24.4. The van der Waals surface area contributed by atoms with Crippen molar-refractivity contribution in [2.75, 3.05) is 31.1 Å². The quantitative estimate of drug-likeness (QED) is 0.886. The summed E-state index contributed by atoms with van der Waals surface area (Å²) in [5, 5.41) is 10.7. The fourth-order valence-corrected chi connectivity index (χ4v) is 4.62. The molecular formula is C22H23FN2O2. The predicted molar refractivity (Wildman–Crippen MR) is 103 cm³/mol. The Bertz CT molecular complexity index is 890. The molecule has 1 N–H and O–H groups in total. The van der Waals surface area contributed by atoms with Crippen LogP contribution in [-0.2, 0) is 12.8 Å². The number of aliphatic hydroxyl groups is 1. The van der Waals surface area contributed by atoms with Gasteiger partial charge in [0, 0.05) is 37.8 Å². The lowest BCUT2D eigenvalue weighted by Crippen LogP contribution is -2.51. The van der Waals surface area contributed by atoms with E-state index in [4.69, 9.17) is 4.74 Å². The van der Waals surface area contributed by atoms with Crippen molar-refractivity contribution < 1.29 is 14.2 Å². The van der Waals surface area contributed by atoms with Crippen LogP contribution >= 0.6 is 0 Å². The third-order valence-electron chi connectivity index (χ3n) is 6.04. The number of nitrogens with zero attached hydrogens (tertiary/aromatic N) is 2. The van der Waals surface area contributed by atoms with Gasteiger partial charge < -0.3 is 14.7 Å². The van der Waals surface area contributed by atoms with Crippen molar-refractivity contribution in [2.45, 2.75) is 25.0 Å². The number of para-hydroxylation sites is 1. The molecule has 0 radical (unpaired) electrons. The van der Waals surface area contributed by atoms with Crippen molar-refractivity contribution in [3.63, 3.8) is 0 Å². The highest BCUT2D eigenvalue weighted by molar-refractivity contribution is 5.63. The van der Waals surface area contributed by atoms with Gasteiger partial charge in [0.1, 0.15) is 5.82 Å². The first-order valence-electron chi connectivity index (χ1n) is 9.59. The van der Waals surface area contributed by atoms with E-state index < -0.39 is 6.10 Å². The first kappa shape index (κ1) is 16.8. The number of piperazine rings is 1. The highest BCUT2D eigenvalue weighted by atomic mass is 19.1. The molecule has 5 heteroatoms. The Kier molecular flexibility index (Phi) is 4.14. The van der Waals surface area contributed by atoms with Gasteiger partial charge in [-0.25, -0.2) is 4.39 Å². The van der Waals surface area contributed by atoms with E-state index in [1.165, 1.54) is 11.6 Å². The Labute approximate surface area is 158 Å². The van der Waals surface area contributed by atoms with Crippen LogP contribution in [-0.4, -0.2) is 42.2 Å². The number of hydrogen-bond acceptors (Lipinski definition) is 4. The summed E-state index contributed by atoms with van der Waals surface area (Å²) in [4.78, 5) is 4.71. The van der Waals surface area contributed by atoms with Crippen molar-refractivity contribution in [1.82, 2.24) is 4.90 Å². The van der Waals surface area contributed by atoms with Crippen molar-refractivity contribution in [3.8, 4) is 5.75 Å². The van der Waals surface area contributed by atoms with Crippen LogP contribution < -0.4 is 9.64 Å². The first-order valence-corrected chi connectivity index (χ1v) is 9.59. The van der Waals surface area contributed by atoms with Gasteiger partial charge in [0.05, 0.1) is 18.1 Å². The predicted octanol–water partition coefficient (Wildman–Crippen LogP) is 3.05. The minimum atomic E-state index is -0.537. The molecule has 2 heterocycles. The molecule has 1 aliphatic carbocycles. The van der Waals surface area contributed by atoms with E-state index in [9.17, 15) is 9.50 Å². The molecule has 0 saturated carbocycles. The molecule has 2 unspecified atom stereocenters. The number of aliphatic hydroxyl groups excluding tert-OH is 1. The van der Waals surface area contributed by atoms with Crippen LogP contribution in [0.2, 0.25) is 0 Å². The molecule has 2 aromatic rings. The van der Waals surface area contributed by atoms with Crippen LogP contribution in [0, 0.1) is 5.82 Å². The maximum atomic E-state index is 13.5. The molecule has 4 nitrogen and oxygen atoms in total. The summed E-state index contributed by atoms with van der Waals surface area (Å²) in [5.41, 5.74) is 4.18. The van der Waals surface area contributed by atoms with Gasteiger partial charge in [-0.05, 0) is 48.2 Å². The molecule has 3 aliphatic rings. The van der Waals surface area contributed by atoms with Gasteiger partial charge in [0.2, 0.25) is 0 Å². The van der Waals surface area contributed by atoms with Crippen molar-refractivity contribution >= 4 is 5.69 Å². The molecule has 27 heavy (non-hydrogen) atoms. The molecular weight excluding hydrogens is 343 g/mol. The molecule has 2 aliphatic heterocycles. The van der Waals surface area contributed by atoms with Crippen molar-refractivity contribution in [1.29, 1.82) is 0 Å². The van der Waals surface area contributed by atoms with Gasteiger partial charge in [-0.1, -0.05) is 18.2 Å². The molecule has 0 spiro atoms. The molecule has 5 rings (SSSR count). The average Bonchev–Trinajstić information content (AvgIpc) is 3.03. The second-order valence-corrected chi connectivity index (χ2v) is 7.54. The summed E-state index contributed by atoms with van der Waals surface area (Å²) in [6, 6.07) is 11.1. The van der Waals surface area contributed by atoms with Gasteiger partial charge in [-0.3, -0.25) is 4.90 Å². The molecule has 1 saturated heterocycles. The number of anilines is 1. The Balaban J connectivity index is 1.29. The lowest BCUT2D eigenvalue weighted by atomic mass is 10.1. The SMILES string of the molecule is OC1c2ccc(F)cc2CC1N1CCN(c2cccc3c2OC=CC3)CC1. The van der Waals surface area contributed by atoms with Gasteiger partial charge in [-0.15, -0.1) is 0 Å². The molecule has 0 amide bonds. The Morgan fingerprint density at radius 3 is 2.74 bits per heavy atom. The van der Waals surface area contributed by atoms with Gasteiger partial charge in [0.15, 0.2) is 5.75 Å². The number of fused-ring (bicyclic) bond motifs is 2. The van der Waals surface area contributed by atoms with E-state index in [1.54, 1.807) is 18.4 Å². The third kappa shape index (κ3) is 2.91. The van der Waals surface area contributed by atoms with E-state index >= 15 is 0 Å². The molecule has 2 atom stereocenters. The fourth-order valence-electron chi connectivity index (χ4n) is 4.62. The maximum Gasteiger partial charge on any atom is 0.153 e. The minimum absolute atomic E-state index is 0.0350. The molecule has 0 bridgehead atoms. The van der Waals surface area contributed by atoms with Crippen LogP contribution in [0.4, 0.5) is 10.1 Å². The summed E-state index contributed by atoms with van der Waals surface area (Å²) in [6.45, 7) is 3.52. The topological polar surface area (TPSA) is 35.9 Å². The number of rotatable bonds is 2. The fraction of sp³-hybridized carbons (Fsp3) is 0.364. The van der Waals surface area contributed by atoms with Crippen LogP contribution in [0.5, 0.6) is 5.75 Å². The molecule has 1 fully saturated rings. The van der Waals surface area contributed by atoms with Gasteiger partial charge in [0.25, 0.3) is 0 Å². The number of benzene rings is 2. The Morgan fingerprint density at radius 1 is 1.04 bits per heavy atom. The van der Waals surface area contributed by atoms with E-state index in [0.717, 1.165) is 55.2 Å². The summed E-state index contributed by atoms with van der Waals surface area (Å²) < 4.78 is 19.3. The standard InChI is InChI=1S/C22H23FN2O2/c23-17-6-7-18-16(13-17)14-20(21(18)26)25-10-8-24(9-11-25)19-5-1-3-15-4-2-12-27-22(15)19/h1-3,5-7,12-13,20-21,26H,4,8-11,14H2. The lowest BCUT2D eigenvalue weighted by Gasteiger charge is -2.40. The summed E-state index contributed by atoms with van der Waals surface area (Å²) in [7, 11) is 0. The number of hydrogen-bond donors (Lipinski definition) is 1. The minimum Gasteiger partial charge on any atom is -0.463 e. The zero-order valence-corrected chi connectivity index (χ0v) is 15.1. The van der Waals surface area contributed by atoms with E-state index in [2.05, 4.69) is 28.0 Å². The number of allylic oxidation sites excluding steroid dienone is 1. The Hall–Kier alpha value is -2.37. The van der Waals surface area contributed by atoms with Crippen LogP contribution in [0.3, 0.4) is 0 Å². The largest absolute Gasteiger partial charge is 0.463 e. The molecule has 140 valence electrons. The third-order valence-corrected chi connectivity index (χ3v) is 6.04. The number of ether oxygens (including phenoxy) is 1. The Morgan fingerprint density at radius 2 is 1.89 bits per heavy atom. The zero-order chi connectivity index (χ0) is 18.4. The van der Waals surface area contributed by atoms with Crippen LogP contribution in [0.25, 0.3) is 0 Å². The average molecular weight is 366 g/mol. The van der Waals surface area contributed by atoms with Crippen LogP contribution in [0.15, 0.2) is 48.7 Å². The van der Waals surface area contributed by atoms with Gasteiger partial charge >= 0.3 is 0 Å². The summed E-state index contributed by atoms with van der Waals surface area (Å²) >= 11 is 0. The van der Waals surface area contributed by atoms with Gasteiger partial charge in [-0.2, -0.15) is 0 Å². The maximum absolute atomic E-state index is 13.5. The van der Waals surface area contributed by atoms with Crippen molar-refractivity contribution in [2.24, 2.45) is 0 Å². The highest BCUT2D eigenvalue weighted by Gasteiger charge is 2.36. The lowest BCUT2D eigenvalue weighted by molar-refractivity contribution is 0.0572. The first-order chi connectivity index (χ1) is 13.2. The highest BCUT2D eigenvalue weighted by Crippen LogP contribution is 2.38. The second-order valence-electron chi connectivity index (χ2n) is 7.54. The molecule has 0 aromatic heterocycles. The van der Waals surface area contributed by atoms with E-state index in [-0.39, 0.29) is 11.9 Å². The molecule has 2 aromatic carbocycles. The van der Waals surface area contributed by atoms with E-state index in [1.807, 2.05) is 6.08 Å². The van der Waals surface area contributed by atoms with E-state index in [0.29, 0.717) is 6.42 Å². The number of halogens is 1. The zero-order valence-electron chi connectivity index (χ0n) is 15.1. The summed E-state index contributed by atoms with van der Waals surface area (Å²) in [6.07, 6.45) is 4.89. The van der Waals surface area contributed by atoms with Crippen LogP contribution in [0.1, 0.15) is 22.8 Å². The van der Waals surface area contributed by atoms with Crippen molar-refractivity contribution in [3.05, 3.63) is 71.2 Å².